The minimum atomic E-state index is -1.40. The number of aryl methyl sites for hydroxylation is 2. The van der Waals surface area contributed by atoms with Crippen LogP contribution in [0.5, 0.6) is 0 Å². The number of carbonyl (C=O) groups excluding carboxylic acids is 2. The van der Waals surface area contributed by atoms with Gasteiger partial charge in [0.05, 0.1) is 17.3 Å². The standard InChI is InChI=1S/C32H33N5O3/c38-29(32(40)34-25-14-15-25)28-20-23-12-10-21(11-13-23)5-1-2-6-22-7-3-8-24(19-22)27-16-18-37(36-27)30-26(31(39)35-28)9-4-17-33-30/h3-4,7-13,16-19,25,28-29,38H,1-2,5-6,14-15,20H2,(H,34,40)(H,35,39)/t28-,29?/m0/s1. The number of fused-ring (bicyclic) bond motifs is 8. The molecule has 8 heteroatoms. The number of nitrogens with one attached hydrogen (secondary N) is 2. The summed E-state index contributed by atoms with van der Waals surface area (Å²) in [7, 11) is 0. The van der Waals surface area contributed by atoms with Gasteiger partial charge in [-0.05, 0) is 85.9 Å². The first-order chi connectivity index (χ1) is 19.5. The van der Waals surface area contributed by atoms with E-state index in [0.29, 0.717) is 17.8 Å². The van der Waals surface area contributed by atoms with Crippen molar-refractivity contribution in [3.8, 4) is 17.1 Å². The highest BCUT2D eigenvalue weighted by Crippen LogP contribution is 2.23. The third kappa shape index (κ3) is 5.97. The highest BCUT2D eigenvalue weighted by Gasteiger charge is 2.33. The van der Waals surface area contributed by atoms with Gasteiger partial charge >= 0.3 is 0 Å². The highest BCUT2D eigenvalue weighted by molar-refractivity contribution is 5.97. The zero-order valence-electron chi connectivity index (χ0n) is 22.3. The molecular weight excluding hydrogens is 502 g/mol. The van der Waals surface area contributed by atoms with Crippen molar-refractivity contribution in [3.05, 3.63) is 101 Å². The molecule has 2 atom stereocenters. The molecule has 0 saturated heterocycles. The lowest BCUT2D eigenvalue weighted by Gasteiger charge is -2.24. The van der Waals surface area contributed by atoms with Gasteiger partial charge in [-0.3, -0.25) is 9.59 Å². The normalized spacial score (nSPS) is 18.3. The van der Waals surface area contributed by atoms with Crippen LogP contribution in [-0.4, -0.2) is 49.9 Å². The van der Waals surface area contributed by atoms with Crippen molar-refractivity contribution in [2.24, 2.45) is 0 Å². The predicted molar refractivity (Wildman–Crippen MR) is 152 cm³/mol. The molecule has 0 spiro atoms. The Morgan fingerprint density at radius 1 is 0.975 bits per heavy atom. The van der Waals surface area contributed by atoms with Crippen LogP contribution in [0.4, 0.5) is 0 Å². The number of aliphatic hydroxyl groups is 1. The maximum atomic E-state index is 13.6. The number of benzene rings is 2. The van der Waals surface area contributed by atoms with Crippen LogP contribution in [0.15, 0.2) is 79.1 Å². The second-order valence-electron chi connectivity index (χ2n) is 10.8. The number of carbonyl (C=O) groups is 2. The van der Waals surface area contributed by atoms with E-state index in [1.54, 1.807) is 29.2 Å². The second kappa shape index (κ2) is 11.4. The van der Waals surface area contributed by atoms with E-state index in [1.807, 2.05) is 24.3 Å². The molecule has 8 nitrogen and oxygen atoms in total. The van der Waals surface area contributed by atoms with Gasteiger partial charge in [-0.25, -0.2) is 9.67 Å². The van der Waals surface area contributed by atoms with Crippen molar-refractivity contribution < 1.29 is 14.7 Å². The van der Waals surface area contributed by atoms with Gasteiger partial charge in [0.25, 0.3) is 11.8 Å². The fraction of sp³-hybridized carbons (Fsp3) is 0.312. The number of pyridine rings is 1. The summed E-state index contributed by atoms with van der Waals surface area (Å²) in [6.45, 7) is 0. The molecule has 4 heterocycles. The fourth-order valence-electron chi connectivity index (χ4n) is 5.18. The van der Waals surface area contributed by atoms with Crippen LogP contribution in [0.25, 0.3) is 17.1 Å². The fourth-order valence-corrected chi connectivity index (χ4v) is 5.18. The molecule has 1 saturated carbocycles. The summed E-state index contributed by atoms with van der Waals surface area (Å²) in [5.74, 6) is -0.530. The minimum Gasteiger partial charge on any atom is -0.381 e. The quantitative estimate of drug-likeness (QED) is 0.370. The van der Waals surface area contributed by atoms with Gasteiger partial charge < -0.3 is 15.7 Å². The molecule has 3 aliphatic rings. The lowest BCUT2D eigenvalue weighted by molar-refractivity contribution is -0.130. The van der Waals surface area contributed by atoms with E-state index in [0.717, 1.165) is 55.3 Å². The summed E-state index contributed by atoms with van der Waals surface area (Å²) in [5.41, 5.74) is 5.54. The first-order valence-electron chi connectivity index (χ1n) is 14.0. The molecule has 1 unspecified atom stereocenters. The second-order valence-corrected chi connectivity index (χ2v) is 10.8. The Kier molecular flexibility index (Phi) is 7.42. The van der Waals surface area contributed by atoms with Crippen molar-refractivity contribution in [3.63, 3.8) is 0 Å². The van der Waals surface area contributed by atoms with E-state index in [4.69, 9.17) is 5.10 Å². The molecule has 0 radical (unpaired) electrons. The average molecular weight is 536 g/mol. The number of rotatable bonds is 3. The van der Waals surface area contributed by atoms with E-state index in [2.05, 4.69) is 45.9 Å². The van der Waals surface area contributed by atoms with E-state index in [9.17, 15) is 14.7 Å². The van der Waals surface area contributed by atoms with E-state index in [1.165, 1.54) is 11.1 Å². The zero-order valence-corrected chi connectivity index (χ0v) is 22.3. The summed E-state index contributed by atoms with van der Waals surface area (Å²) >= 11 is 0. The number of aromatic nitrogens is 3. The van der Waals surface area contributed by atoms with E-state index >= 15 is 0 Å². The smallest absolute Gasteiger partial charge is 0.255 e. The van der Waals surface area contributed by atoms with Crippen molar-refractivity contribution in [2.45, 2.75) is 63.1 Å². The number of nitrogens with zero attached hydrogens (tertiary/aromatic N) is 3. The Labute approximate surface area is 233 Å². The molecule has 7 rings (SSSR count). The molecule has 40 heavy (non-hydrogen) atoms. The molecule has 204 valence electrons. The molecular formula is C32H33N5O3. The Hall–Kier alpha value is -4.30. The topological polar surface area (TPSA) is 109 Å². The van der Waals surface area contributed by atoms with Crippen LogP contribution < -0.4 is 10.6 Å². The molecule has 2 aromatic heterocycles. The third-order valence-corrected chi connectivity index (χ3v) is 7.61. The van der Waals surface area contributed by atoms with Crippen LogP contribution in [-0.2, 0) is 24.1 Å². The van der Waals surface area contributed by atoms with E-state index in [-0.39, 0.29) is 6.04 Å². The molecule has 4 aromatic rings. The molecule has 1 aliphatic carbocycles. The summed E-state index contributed by atoms with van der Waals surface area (Å²) in [6.07, 6.45) is 8.24. The van der Waals surface area contributed by atoms with Crippen LogP contribution in [0, 0.1) is 0 Å². The first-order valence-corrected chi connectivity index (χ1v) is 14.0. The Morgan fingerprint density at radius 2 is 1.75 bits per heavy atom. The Bertz CT molecular complexity index is 1510. The van der Waals surface area contributed by atoms with Gasteiger partial charge in [-0.15, -0.1) is 0 Å². The molecule has 2 aromatic carbocycles. The maximum Gasteiger partial charge on any atom is 0.255 e. The summed E-state index contributed by atoms with van der Waals surface area (Å²) in [4.78, 5) is 30.9. The lowest BCUT2D eigenvalue weighted by Crippen LogP contribution is -2.52. The van der Waals surface area contributed by atoms with Gasteiger partial charge in [0, 0.05) is 24.0 Å². The van der Waals surface area contributed by atoms with Crippen LogP contribution >= 0.6 is 0 Å². The van der Waals surface area contributed by atoms with Crippen molar-refractivity contribution >= 4 is 11.8 Å². The summed E-state index contributed by atoms with van der Waals surface area (Å²) < 4.78 is 1.60. The van der Waals surface area contributed by atoms with Crippen molar-refractivity contribution in [1.82, 2.24) is 25.4 Å². The van der Waals surface area contributed by atoms with Crippen molar-refractivity contribution in [2.75, 3.05) is 0 Å². The van der Waals surface area contributed by atoms with Gasteiger partial charge in [-0.1, -0.05) is 42.5 Å². The summed E-state index contributed by atoms with van der Waals surface area (Å²) in [5, 5.41) is 21.6. The molecule has 2 aliphatic heterocycles. The number of aliphatic hydroxyl groups excluding tert-OH is 1. The van der Waals surface area contributed by atoms with E-state index < -0.39 is 24.0 Å². The minimum absolute atomic E-state index is 0.101. The van der Waals surface area contributed by atoms with Gasteiger partial charge in [-0.2, -0.15) is 5.10 Å². The molecule has 6 bridgehead atoms. The van der Waals surface area contributed by atoms with Gasteiger partial charge in [0.2, 0.25) is 0 Å². The molecule has 2 amide bonds. The maximum absolute atomic E-state index is 13.6. The molecule has 3 N–H and O–H groups in total. The summed E-state index contributed by atoms with van der Waals surface area (Å²) in [6, 6.07) is 21.2. The monoisotopic (exact) mass is 535 g/mol. The number of amides is 2. The highest BCUT2D eigenvalue weighted by atomic mass is 16.3. The van der Waals surface area contributed by atoms with Gasteiger partial charge in [0.1, 0.15) is 0 Å². The number of hydrogen-bond donors (Lipinski definition) is 3. The SMILES string of the molecule is O=C1N[C@H](C(O)C(=O)NC2CC2)Cc2ccc(cc2)CCCCc2cccc(c2)-c2ccn(n2)-c2ncccc21. The van der Waals surface area contributed by atoms with Crippen LogP contribution in [0.2, 0.25) is 0 Å². The predicted octanol–water partition coefficient (Wildman–Crippen LogP) is 3.79. The van der Waals surface area contributed by atoms with Crippen LogP contribution in [0.1, 0.15) is 52.7 Å². The number of hydrogen-bond acceptors (Lipinski definition) is 5. The van der Waals surface area contributed by atoms with Crippen LogP contribution in [0.3, 0.4) is 0 Å². The largest absolute Gasteiger partial charge is 0.381 e. The zero-order chi connectivity index (χ0) is 27.5. The average Bonchev–Trinajstić information content (AvgIpc) is 3.66. The third-order valence-electron chi connectivity index (χ3n) is 7.61. The first kappa shape index (κ1) is 26.0. The Morgan fingerprint density at radius 3 is 2.55 bits per heavy atom. The van der Waals surface area contributed by atoms with Gasteiger partial charge in [0.15, 0.2) is 11.9 Å². The Balaban J connectivity index is 1.36. The molecule has 1 fully saturated rings. The van der Waals surface area contributed by atoms with Crippen molar-refractivity contribution in [1.29, 1.82) is 0 Å². The lowest BCUT2D eigenvalue weighted by atomic mass is 9.97.